The Morgan fingerprint density at radius 3 is 2.48 bits per heavy atom. The minimum absolute atomic E-state index is 0.0383. The van der Waals surface area contributed by atoms with Crippen LogP contribution in [0.25, 0.3) is 10.9 Å². The summed E-state index contributed by atoms with van der Waals surface area (Å²) in [6, 6.07) is 15.7. The highest BCUT2D eigenvalue weighted by Crippen LogP contribution is 2.27. The van der Waals surface area contributed by atoms with Crippen molar-refractivity contribution < 1.29 is 4.79 Å². The zero-order valence-corrected chi connectivity index (χ0v) is 15.3. The molecule has 25 heavy (non-hydrogen) atoms. The minimum atomic E-state index is 0.0383. The maximum absolute atomic E-state index is 12.4. The van der Waals surface area contributed by atoms with Gasteiger partial charge in [-0.05, 0) is 38.5 Å². The number of rotatable bonds is 4. The van der Waals surface area contributed by atoms with Gasteiger partial charge in [-0.2, -0.15) is 5.26 Å². The summed E-state index contributed by atoms with van der Waals surface area (Å²) in [7, 11) is 0. The second-order valence-electron chi connectivity index (χ2n) is 6.18. The number of carbonyl (C=O) groups is 1. The van der Waals surface area contributed by atoms with E-state index in [1.807, 2.05) is 57.2 Å². The molecule has 1 heterocycles. The highest BCUT2D eigenvalue weighted by atomic mass is 32.2. The first-order chi connectivity index (χ1) is 12.0. The molecule has 0 fully saturated rings. The highest BCUT2D eigenvalue weighted by Gasteiger charge is 2.13. The molecule has 0 spiro atoms. The maximum Gasteiger partial charge on any atom is 0.173 e. The smallest absolute Gasteiger partial charge is 0.173 e. The van der Waals surface area contributed by atoms with Crippen molar-refractivity contribution in [3.63, 3.8) is 0 Å². The van der Waals surface area contributed by atoms with Gasteiger partial charge in [-0.3, -0.25) is 4.79 Å². The number of Topliss-reactive ketones (excluding diaryl/α,β-unsaturated/α-hetero) is 1. The fraction of sp³-hybridized carbons (Fsp3) is 0.190. The number of thioether (sulfide) groups is 1. The van der Waals surface area contributed by atoms with Gasteiger partial charge in [0.25, 0.3) is 0 Å². The van der Waals surface area contributed by atoms with Crippen molar-refractivity contribution in [2.75, 3.05) is 5.75 Å². The summed E-state index contributed by atoms with van der Waals surface area (Å²) in [5.74, 6) is 0.303. The summed E-state index contributed by atoms with van der Waals surface area (Å²) in [6.45, 7) is 6.03. The zero-order chi connectivity index (χ0) is 18.0. The van der Waals surface area contributed by atoms with Crippen molar-refractivity contribution in [1.29, 1.82) is 5.26 Å². The van der Waals surface area contributed by atoms with Gasteiger partial charge < -0.3 is 0 Å². The van der Waals surface area contributed by atoms with E-state index in [1.165, 1.54) is 11.8 Å². The molecular formula is C21H18N2OS. The van der Waals surface area contributed by atoms with Gasteiger partial charge in [-0.15, -0.1) is 0 Å². The lowest BCUT2D eigenvalue weighted by atomic mass is 10.1. The van der Waals surface area contributed by atoms with Gasteiger partial charge in [0.1, 0.15) is 11.1 Å². The lowest BCUT2D eigenvalue weighted by Gasteiger charge is -2.08. The molecule has 1 aromatic heterocycles. The molecule has 0 aliphatic heterocycles. The first kappa shape index (κ1) is 17.2. The van der Waals surface area contributed by atoms with Crippen LogP contribution in [0.2, 0.25) is 0 Å². The van der Waals surface area contributed by atoms with Crippen LogP contribution in [0.1, 0.15) is 32.6 Å². The summed E-state index contributed by atoms with van der Waals surface area (Å²) in [6.07, 6.45) is 0. The van der Waals surface area contributed by atoms with Gasteiger partial charge in [0.2, 0.25) is 0 Å². The van der Waals surface area contributed by atoms with Crippen LogP contribution in [0, 0.1) is 32.1 Å². The van der Waals surface area contributed by atoms with E-state index >= 15 is 0 Å². The molecule has 2 aromatic carbocycles. The number of fused-ring (bicyclic) bond motifs is 1. The first-order valence-corrected chi connectivity index (χ1v) is 9.01. The molecule has 124 valence electrons. The Hall–Kier alpha value is -2.64. The Morgan fingerprint density at radius 2 is 1.80 bits per heavy atom. The fourth-order valence-corrected chi connectivity index (χ4v) is 3.63. The van der Waals surface area contributed by atoms with Crippen LogP contribution in [0.4, 0.5) is 0 Å². The van der Waals surface area contributed by atoms with Crippen molar-refractivity contribution in [1.82, 2.24) is 4.98 Å². The van der Waals surface area contributed by atoms with E-state index in [9.17, 15) is 10.1 Å². The second-order valence-corrected chi connectivity index (χ2v) is 7.15. The van der Waals surface area contributed by atoms with E-state index in [-0.39, 0.29) is 11.5 Å². The summed E-state index contributed by atoms with van der Waals surface area (Å²) in [5, 5.41) is 11.0. The van der Waals surface area contributed by atoms with Crippen LogP contribution in [0.5, 0.6) is 0 Å². The first-order valence-electron chi connectivity index (χ1n) is 8.02. The van der Waals surface area contributed by atoms with Gasteiger partial charge in [0, 0.05) is 10.9 Å². The number of nitrogens with zero attached hydrogens (tertiary/aromatic N) is 2. The Labute approximate surface area is 151 Å². The number of carbonyl (C=O) groups excluding carboxylic acids is 1. The Kier molecular flexibility index (Phi) is 4.87. The molecule has 0 atom stereocenters. The lowest BCUT2D eigenvalue weighted by molar-refractivity contribution is 0.102. The SMILES string of the molecule is Cc1ccc(C(=O)CSc2nc3c(C)cc(C)cc3cc2C#N)cc1. The number of hydrogen-bond acceptors (Lipinski definition) is 4. The van der Waals surface area contributed by atoms with Crippen molar-refractivity contribution in [3.05, 3.63) is 70.3 Å². The summed E-state index contributed by atoms with van der Waals surface area (Å²) in [5.41, 5.74) is 5.42. The van der Waals surface area contributed by atoms with E-state index < -0.39 is 0 Å². The third kappa shape index (κ3) is 3.72. The number of benzene rings is 2. The molecule has 3 aromatic rings. The summed E-state index contributed by atoms with van der Waals surface area (Å²) >= 11 is 1.32. The normalized spacial score (nSPS) is 10.6. The Morgan fingerprint density at radius 1 is 1.08 bits per heavy atom. The highest BCUT2D eigenvalue weighted by molar-refractivity contribution is 8.00. The predicted octanol–water partition coefficient (Wildman–Crippen LogP) is 5.01. The van der Waals surface area contributed by atoms with Crippen LogP contribution < -0.4 is 0 Å². The molecule has 0 radical (unpaired) electrons. The number of hydrogen-bond donors (Lipinski definition) is 0. The minimum Gasteiger partial charge on any atom is -0.293 e. The Balaban J connectivity index is 1.89. The number of aryl methyl sites for hydroxylation is 3. The molecule has 0 saturated carbocycles. The van der Waals surface area contributed by atoms with Crippen molar-refractivity contribution in [2.24, 2.45) is 0 Å². The van der Waals surface area contributed by atoms with Crippen LogP contribution in [-0.4, -0.2) is 16.5 Å². The number of nitriles is 1. The van der Waals surface area contributed by atoms with Crippen molar-refractivity contribution >= 4 is 28.4 Å². The molecule has 3 rings (SSSR count). The number of ketones is 1. The van der Waals surface area contributed by atoms with Crippen LogP contribution in [0.3, 0.4) is 0 Å². The standard InChI is InChI=1S/C21H18N2OS/c1-13-4-6-16(7-5-13)19(24)12-25-21-18(11-22)10-17-9-14(2)8-15(3)20(17)23-21/h4-10H,12H2,1-3H3. The molecule has 0 bridgehead atoms. The molecule has 0 aliphatic rings. The van der Waals surface area contributed by atoms with E-state index in [0.29, 0.717) is 16.2 Å². The molecule has 0 N–H and O–H groups in total. The second kappa shape index (κ2) is 7.08. The van der Waals surface area contributed by atoms with Gasteiger partial charge in [0.05, 0.1) is 16.8 Å². The van der Waals surface area contributed by atoms with Gasteiger partial charge in [-0.25, -0.2) is 4.98 Å². The van der Waals surface area contributed by atoms with E-state index in [4.69, 9.17) is 0 Å². The maximum atomic E-state index is 12.4. The van der Waals surface area contributed by atoms with Crippen LogP contribution >= 0.6 is 11.8 Å². The molecule has 0 saturated heterocycles. The average molecular weight is 346 g/mol. The van der Waals surface area contributed by atoms with Gasteiger partial charge >= 0.3 is 0 Å². The molecule has 0 aliphatic carbocycles. The van der Waals surface area contributed by atoms with Crippen molar-refractivity contribution in [3.8, 4) is 6.07 Å². The monoisotopic (exact) mass is 346 g/mol. The molecule has 4 heteroatoms. The van der Waals surface area contributed by atoms with E-state index in [2.05, 4.69) is 17.1 Å². The summed E-state index contributed by atoms with van der Waals surface area (Å²) in [4.78, 5) is 17.0. The summed E-state index contributed by atoms with van der Waals surface area (Å²) < 4.78 is 0. The average Bonchev–Trinajstić information content (AvgIpc) is 2.59. The lowest BCUT2D eigenvalue weighted by Crippen LogP contribution is -2.03. The molecule has 0 amide bonds. The van der Waals surface area contributed by atoms with E-state index in [0.717, 1.165) is 27.6 Å². The zero-order valence-electron chi connectivity index (χ0n) is 14.5. The van der Waals surface area contributed by atoms with Gasteiger partial charge in [0.15, 0.2) is 5.78 Å². The topological polar surface area (TPSA) is 53.8 Å². The predicted molar refractivity (Wildman–Crippen MR) is 102 cm³/mol. The fourth-order valence-electron chi connectivity index (χ4n) is 2.78. The third-order valence-corrected chi connectivity index (χ3v) is 5.04. The van der Waals surface area contributed by atoms with E-state index in [1.54, 1.807) is 0 Å². The third-order valence-electron chi connectivity index (χ3n) is 4.05. The quantitative estimate of drug-likeness (QED) is 0.492. The van der Waals surface area contributed by atoms with Crippen molar-refractivity contribution in [2.45, 2.75) is 25.8 Å². The number of pyridine rings is 1. The number of aromatic nitrogens is 1. The molecule has 0 unspecified atom stereocenters. The molecular weight excluding hydrogens is 328 g/mol. The largest absolute Gasteiger partial charge is 0.293 e. The van der Waals surface area contributed by atoms with Crippen LogP contribution in [-0.2, 0) is 0 Å². The Bertz CT molecular complexity index is 1000. The van der Waals surface area contributed by atoms with Crippen LogP contribution in [0.15, 0.2) is 47.5 Å². The molecule has 3 nitrogen and oxygen atoms in total. The van der Waals surface area contributed by atoms with Gasteiger partial charge in [-0.1, -0.05) is 53.2 Å².